The second kappa shape index (κ2) is 15.2. The van der Waals surface area contributed by atoms with E-state index in [0.717, 1.165) is 5.52 Å². The van der Waals surface area contributed by atoms with Crippen LogP contribution in [0.4, 0.5) is 0 Å². The Labute approximate surface area is 307 Å². The number of aliphatic hydroxyl groups excluding tert-OH is 1. The number of fused-ring (bicyclic) bond motifs is 3. The number of benzene rings is 2. The van der Waals surface area contributed by atoms with Gasteiger partial charge in [-0.1, -0.05) is 92.3 Å². The standard InChI is InChI=1S/C39H46N6O8/c1-4-24(2)29(21-46)45-35-37(49)43(23-44-28-16-9-8-15-26(28)41-42-44)20-12-19-39(35)33(36(45)48)32-30(53-39)17-10-11-18-31(47)40-27(22-51-3)34(52-38(32)50)25-13-6-5-7-14-25/h5-10,12-17,19,24,27,29-30,32-35,46H,4,11,18,20-23H2,1-3H3,(H,40,47)/b17-10-/t24-,27+,29-,30+,32-,33-,34+,35+,39-/m0/s1. The smallest absolute Gasteiger partial charge is 0.313 e. The van der Waals surface area contributed by atoms with E-state index in [1.54, 1.807) is 46.0 Å². The number of carbonyl (C=O) groups is 4. The first-order chi connectivity index (χ1) is 25.7. The average molecular weight is 727 g/mol. The summed E-state index contributed by atoms with van der Waals surface area (Å²) >= 11 is 0. The molecule has 4 aliphatic heterocycles. The molecule has 3 aromatic rings. The minimum atomic E-state index is -1.57. The van der Waals surface area contributed by atoms with Crippen LogP contribution in [0.5, 0.6) is 0 Å². The number of para-hydroxylation sites is 1. The van der Waals surface area contributed by atoms with Gasteiger partial charge in [-0.15, -0.1) is 5.10 Å². The lowest BCUT2D eigenvalue weighted by molar-refractivity contribution is -0.163. The van der Waals surface area contributed by atoms with Crippen LogP contribution in [-0.2, 0) is 40.1 Å². The van der Waals surface area contributed by atoms with Crippen molar-refractivity contribution in [2.24, 2.45) is 17.8 Å². The Hall–Kier alpha value is -4.92. The van der Waals surface area contributed by atoms with Crippen molar-refractivity contribution in [1.82, 2.24) is 30.1 Å². The number of ether oxygens (including phenoxy) is 3. The molecule has 1 aromatic heterocycles. The SMILES string of the molecule is CC[C@H](C)[C@H](CO)N1C(=O)[C@@H]2[C@H]3C(=O)O[C@H](c4ccccc4)[C@@H](COC)NC(=O)CC/C=C\[C@H]3O[C@@]23C=CCN(Cn2nnc4ccccc42)C(=O)[C@@H]13. The average Bonchev–Trinajstić information content (AvgIpc) is 3.76. The fraction of sp³-hybridized carbons (Fsp3) is 0.487. The van der Waals surface area contributed by atoms with Gasteiger partial charge < -0.3 is 34.4 Å². The molecule has 2 saturated heterocycles. The van der Waals surface area contributed by atoms with E-state index in [1.165, 1.54) is 12.0 Å². The number of aromatic nitrogens is 3. The third kappa shape index (κ3) is 6.53. The van der Waals surface area contributed by atoms with Crippen LogP contribution in [0.25, 0.3) is 11.0 Å². The van der Waals surface area contributed by atoms with Gasteiger partial charge in [-0.2, -0.15) is 0 Å². The predicted octanol–water partition coefficient (Wildman–Crippen LogP) is 2.54. The summed E-state index contributed by atoms with van der Waals surface area (Å²) < 4.78 is 20.3. The highest BCUT2D eigenvalue weighted by molar-refractivity contribution is 5.99. The molecule has 9 atom stereocenters. The number of hydrogen-bond donors (Lipinski definition) is 2. The molecule has 14 nitrogen and oxygen atoms in total. The van der Waals surface area contributed by atoms with E-state index >= 15 is 9.59 Å². The number of likely N-dealkylation sites (tertiary alicyclic amines) is 1. The number of allylic oxidation sites excluding steroid dienone is 1. The van der Waals surface area contributed by atoms with E-state index in [-0.39, 0.29) is 38.1 Å². The molecule has 2 fully saturated rings. The van der Waals surface area contributed by atoms with Gasteiger partial charge in [0.15, 0.2) is 0 Å². The van der Waals surface area contributed by atoms with E-state index in [0.29, 0.717) is 23.9 Å². The normalized spacial score (nSPS) is 30.7. The molecular weight excluding hydrogens is 680 g/mol. The van der Waals surface area contributed by atoms with E-state index in [9.17, 15) is 14.7 Å². The monoisotopic (exact) mass is 726 g/mol. The summed E-state index contributed by atoms with van der Waals surface area (Å²) in [6.45, 7) is 3.78. The van der Waals surface area contributed by atoms with E-state index in [1.807, 2.05) is 56.3 Å². The number of nitrogens with zero attached hydrogens (tertiary/aromatic N) is 5. The summed E-state index contributed by atoms with van der Waals surface area (Å²) in [6, 6.07) is 13.8. The Morgan fingerprint density at radius 3 is 2.58 bits per heavy atom. The highest BCUT2D eigenvalue weighted by atomic mass is 16.6. The fourth-order valence-corrected chi connectivity index (χ4v) is 8.36. The first-order valence-electron chi connectivity index (χ1n) is 18.3. The van der Waals surface area contributed by atoms with Crippen LogP contribution in [0.15, 0.2) is 78.9 Å². The maximum absolute atomic E-state index is 15.1. The third-order valence-electron chi connectivity index (χ3n) is 11.2. The molecule has 14 heteroatoms. The fourth-order valence-electron chi connectivity index (χ4n) is 8.36. The molecule has 3 amide bonds. The number of methoxy groups -OCH3 is 1. The van der Waals surface area contributed by atoms with E-state index in [4.69, 9.17) is 14.2 Å². The Bertz CT molecular complexity index is 1900. The van der Waals surface area contributed by atoms with Crippen molar-refractivity contribution in [3.63, 3.8) is 0 Å². The predicted molar refractivity (Wildman–Crippen MR) is 191 cm³/mol. The Morgan fingerprint density at radius 2 is 1.83 bits per heavy atom. The van der Waals surface area contributed by atoms with Crippen LogP contribution in [0, 0.1) is 17.8 Å². The zero-order valence-electron chi connectivity index (χ0n) is 30.1. The van der Waals surface area contributed by atoms with Gasteiger partial charge in [-0.05, 0) is 30.0 Å². The maximum Gasteiger partial charge on any atom is 0.313 e. The molecule has 7 rings (SSSR count). The van der Waals surface area contributed by atoms with Gasteiger partial charge in [-0.25, -0.2) is 4.68 Å². The van der Waals surface area contributed by atoms with Crippen molar-refractivity contribution >= 4 is 34.7 Å². The van der Waals surface area contributed by atoms with Crippen LogP contribution in [0.2, 0.25) is 0 Å². The summed E-state index contributed by atoms with van der Waals surface area (Å²) in [5, 5.41) is 22.3. The largest absolute Gasteiger partial charge is 0.455 e. The molecular formula is C39H46N6O8. The summed E-state index contributed by atoms with van der Waals surface area (Å²) in [5.74, 6) is -4.32. The van der Waals surface area contributed by atoms with Gasteiger partial charge in [0.2, 0.25) is 11.8 Å². The summed E-state index contributed by atoms with van der Waals surface area (Å²) in [5.41, 5.74) is 0.476. The molecule has 2 aromatic carbocycles. The molecule has 0 saturated carbocycles. The number of rotatable bonds is 9. The number of cyclic esters (lactones) is 1. The van der Waals surface area contributed by atoms with Gasteiger partial charge in [0, 0.05) is 20.1 Å². The number of nitrogens with one attached hydrogen (secondary N) is 1. The first kappa shape index (κ1) is 36.4. The molecule has 0 radical (unpaired) electrons. The second-order valence-corrected chi connectivity index (χ2v) is 14.3. The summed E-state index contributed by atoms with van der Waals surface area (Å²) in [7, 11) is 1.50. The number of esters is 1. The van der Waals surface area contributed by atoms with Crippen molar-refractivity contribution in [2.45, 2.75) is 75.7 Å². The number of aliphatic hydroxyl groups is 1. The van der Waals surface area contributed by atoms with Crippen LogP contribution in [-0.4, -0.2) is 110 Å². The lowest BCUT2D eigenvalue weighted by Gasteiger charge is -2.40. The van der Waals surface area contributed by atoms with Gasteiger partial charge in [-0.3, -0.25) is 19.2 Å². The number of amides is 3. The van der Waals surface area contributed by atoms with Crippen molar-refractivity contribution in [2.75, 3.05) is 26.9 Å². The van der Waals surface area contributed by atoms with Gasteiger partial charge >= 0.3 is 5.97 Å². The molecule has 1 spiro atoms. The van der Waals surface area contributed by atoms with E-state index < -0.39 is 72.2 Å². The van der Waals surface area contributed by atoms with Crippen LogP contribution in [0.3, 0.4) is 0 Å². The Balaban J connectivity index is 1.32. The van der Waals surface area contributed by atoms with Crippen LogP contribution < -0.4 is 5.32 Å². The summed E-state index contributed by atoms with van der Waals surface area (Å²) in [4.78, 5) is 60.9. The van der Waals surface area contributed by atoms with Gasteiger partial charge in [0.05, 0.1) is 42.8 Å². The Kier molecular flexibility index (Phi) is 10.5. The zero-order valence-corrected chi connectivity index (χ0v) is 30.1. The molecule has 0 aliphatic carbocycles. The van der Waals surface area contributed by atoms with Crippen molar-refractivity contribution in [3.05, 3.63) is 84.5 Å². The molecule has 4 aliphatic rings. The number of carbonyl (C=O) groups excluding carboxylic acids is 4. The number of hydrogen-bond acceptors (Lipinski definition) is 10. The molecule has 0 bridgehead atoms. The topological polar surface area (TPSA) is 165 Å². The van der Waals surface area contributed by atoms with Crippen molar-refractivity contribution in [1.29, 1.82) is 0 Å². The zero-order chi connectivity index (χ0) is 37.3. The molecule has 53 heavy (non-hydrogen) atoms. The minimum absolute atomic E-state index is 0.0472. The molecule has 2 N–H and O–H groups in total. The van der Waals surface area contributed by atoms with Crippen molar-refractivity contribution < 1.29 is 38.5 Å². The lowest BCUT2D eigenvalue weighted by atomic mass is 9.77. The maximum atomic E-state index is 15.1. The molecule has 280 valence electrons. The minimum Gasteiger partial charge on any atom is -0.455 e. The highest BCUT2D eigenvalue weighted by Gasteiger charge is 2.72. The quantitative estimate of drug-likeness (QED) is 0.247. The van der Waals surface area contributed by atoms with Crippen LogP contribution >= 0.6 is 0 Å². The summed E-state index contributed by atoms with van der Waals surface area (Å²) in [6.07, 6.45) is 6.23. The van der Waals surface area contributed by atoms with E-state index in [2.05, 4.69) is 15.6 Å². The van der Waals surface area contributed by atoms with Crippen LogP contribution in [0.1, 0.15) is 44.8 Å². The van der Waals surface area contributed by atoms with Gasteiger partial charge in [0.1, 0.15) is 35.9 Å². The second-order valence-electron chi connectivity index (χ2n) is 14.3. The van der Waals surface area contributed by atoms with Crippen molar-refractivity contribution in [3.8, 4) is 0 Å². The first-order valence-corrected chi connectivity index (χ1v) is 18.3. The highest BCUT2D eigenvalue weighted by Crippen LogP contribution is 2.54. The third-order valence-corrected chi connectivity index (χ3v) is 11.2. The van der Waals surface area contributed by atoms with Gasteiger partial charge in [0.25, 0.3) is 5.91 Å². The lowest BCUT2D eigenvalue weighted by Crippen LogP contribution is -2.59. The molecule has 5 heterocycles. The Morgan fingerprint density at radius 1 is 1.06 bits per heavy atom. The molecule has 0 unspecified atom stereocenters.